The van der Waals surface area contributed by atoms with Crippen LogP contribution in [0, 0.1) is 21.4 Å². The summed E-state index contributed by atoms with van der Waals surface area (Å²) < 4.78 is 5.43. The molecule has 0 aliphatic carbocycles. The van der Waals surface area contributed by atoms with Crippen LogP contribution in [-0.4, -0.2) is 21.7 Å². The number of amides is 1. The molecule has 4 N–H and O–H groups in total. The van der Waals surface area contributed by atoms with E-state index in [4.69, 9.17) is 10.5 Å². The van der Waals surface area contributed by atoms with E-state index in [-0.39, 0.29) is 45.3 Å². The van der Waals surface area contributed by atoms with Crippen LogP contribution in [0.3, 0.4) is 0 Å². The summed E-state index contributed by atoms with van der Waals surface area (Å²) in [5.41, 5.74) is 3.20. The Balaban J connectivity index is 2.19. The SMILES string of the molecule is CC(=O)c1ccc2c(c1O)C1(C(=O)Nc3ccc([N+](=O)[O-])cc31)C(C#N)=C(N)O2. The van der Waals surface area contributed by atoms with E-state index in [0.29, 0.717) is 0 Å². The van der Waals surface area contributed by atoms with Gasteiger partial charge in [-0.25, -0.2) is 0 Å². The zero-order valence-electron chi connectivity index (χ0n) is 14.8. The van der Waals surface area contributed by atoms with Gasteiger partial charge in [-0.2, -0.15) is 5.26 Å². The monoisotopic (exact) mass is 392 g/mol. The van der Waals surface area contributed by atoms with E-state index < -0.39 is 27.8 Å². The Labute approximate surface area is 163 Å². The largest absolute Gasteiger partial charge is 0.507 e. The van der Waals surface area contributed by atoms with Crippen molar-refractivity contribution in [2.45, 2.75) is 12.3 Å². The number of nitrogens with two attached hydrogens (primary N) is 1. The highest BCUT2D eigenvalue weighted by Crippen LogP contribution is 2.56. The third-order valence-corrected chi connectivity index (χ3v) is 5.05. The fourth-order valence-corrected chi connectivity index (χ4v) is 3.82. The van der Waals surface area contributed by atoms with Gasteiger partial charge in [-0.05, 0) is 25.1 Å². The highest BCUT2D eigenvalue weighted by Gasteiger charge is 2.58. The first kappa shape index (κ1) is 18.0. The molecule has 2 heterocycles. The van der Waals surface area contributed by atoms with Gasteiger partial charge < -0.3 is 20.9 Å². The van der Waals surface area contributed by atoms with Gasteiger partial charge in [0.15, 0.2) is 5.78 Å². The molecule has 1 unspecified atom stereocenters. The zero-order valence-corrected chi connectivity index (χ0v) is 14.8. The molecule has 4 rings (SSSR count). The van der Waals surface area contributed by atoms with Crippen molar-refractivity contribution in [2.24, 2.45) is 5.73 Å². The number of rotatable bonds is 2. The van der Waals surface area contributed by atoms with E-state index in [1.165, 1.54) is 31.2 Å². The van der Waals surface area contributed by atoms with E-state index in [1.807, 2.05) is 6.07 Å². The lowest BCUT2D eigenvalue weighted by Gasteiger charge is -2.34. The van der Waals surface area contributed by atoms with Crippen LogP contribution in [0.5, 0.6) is 11.5 Å². The molecule has 0 fully saturated rings. The van der Waals surface area contributed by atoms with Crippen molar-refractivity contribution in [3.63, 3.8) is 0 Å². The molecule has 2 aromatic rings. The number of nitriles is 1. The zero-order chi connectivity index (χ0) is 21.1. The van der Waals surface area contributed by atoms with Crippen molar-refractivity contribution in [1.29, 1.82) is 5.26 Å². The van der Waals surface area contributed by atoms with Gasteiger partial charge in [-0.15, -0.1) is 0 Å². The Morgan fingerprint density at radius 2 is 2.10 bits per heavy atom. The van der Waals surface area contributed by atoms with Crippen molar-refractivity contribution in [1.82, 2.24) is 0 Å². The summed E-state index contributed by atoms with van der Waals surface area (Å²) in [6, 6.07) is 8.13. The Hall–Kier alpha value is -4.39. The number of phenolic OH excluding ortho intramolecular Hbond substituents is 1. The molecule has 2 aromatic carbocycles. The Morgan fingerprint density at radius 3 is 2.72 bits per heavy atom. The van der Waals surface area contributed by atoms with Gasteiger partial charge in [0.1, 0.15) is 28.6 Å². The fourth-order valence-electron chi connectivity index (χ4n) is 3.82. The molecule has 0 saturated heterocycles. The second kappa shape index (κ2) is 5.80. The molecular formula is C19H12N4O6. The molecule has 144 valence electrons. The number of carbonyl (C=O) groups is 2. The summed E-state index contributed by atoms with van der Waals surface area (Å²) in [5, 5.41) is 34.5. The van der Waals surface area contributed by atoms with Crippen molar-refractivity contribution < 1.29 is 24.4 Å². The van der Waals surface area contributed by atoms with Crippen LogP contribution in [0.1, 0.15) is 28.4 Å². The van der Waals surface area contributed by atoms with E-state index >= 15 is 0 Å². The topological polar surface area (TPSA) is 169 Å². The number of nitrogens with zero attached hydrogens (tertiary/aromatic N) is 2. The quantitative estimate of drug-likeness (QED) is 0.395. The lowest BCUT2D eigenvalue weighted by Crippen LogP contribution is -2.42. The third kappa shape index (κ3) is 2.15. The van der Waals surface area contributed by atoms with Gasteiger partial charge in [0.2, 0.25) is 11.8 Å². The lowest BCUT2D eigenvalue weighted by molar-refractivity contribution is -0.384. The number of nitrogens with one attached hydrogen (secondary N) is 1. The smallest absolute Gasteiger partial charge is 0.269 e. The summed E-state index contributed by atoms with van der Waals surface area (Å²) in [6.45, 7) is 1.22. The summed E-state index contributed by atoms with van der Waals surface area (Å²) >= 11 is 0. The average molecular weight is 392 g/mol. The highest BCUT2D eigenvalue weighted by molar-refractivity contribution is 6.14. The number of Topliss-reactive ketones (excluding diaryl/α,β-unsaturated/α-hetero) is 1. The minimum Gasteiger partial charge on any atom is -0.507 e. The summed E-state index contributed by atoms with van der Waals surface area (Å²) in [7, 11) is 0. The number of hydrogen-bond donors (Lipinski definition) is 3. The van der Waals surface area contributed by atoms with Crippen LogP contribution in [0.15, 0.2) is 41.8 Å². The molecule has 10 nitrogen and oxygen atoms in total. The van der Waals surface area contributed by atoms with Crippen molar-refractivity contribution in [2.75, 3.05) is 5.32 Å². The van der Waals surface area contributed by atoms with Crippen LogP contribution >= 0.6 is 0 Å². The Bertz CT molecular complexity index is 1230. The summed E-state index contributed by atoms with van der Waals surface area (Å²) in [4.78, 5) is 35.8. The van der Waals surface area contributed by atoms with Crippen LogP contribution < -0.4 is 15.8 Å². The Kier molecular flexibility index (Phi) is 3.60. The standard InChI is InChI=1S/C19H12N4O6/c1-8(24)10-3-5-14-15(16(10)25)19(12(7-20)17(21)29-14)11-6-9(23(27)28)2-4-13(11)22-18(19)26/h2-6,25H,21H2,1H3,(H,22,26). The van der Waals surface area contributed by atoms with Crippen LogP contribution in [0.2, 0.25) is 0 Å². The van der Waals surface area contributed by atoms with E-state index in [9.17, 15) is 30.1 Å². The van der Waals surface area contributed by atoms with Crippen molar-refractivity contribution in [3.05, 3.63) is 68.6 Å². The number of ketones is 1. The molecule has 2 aliphatic rings. The van der Waals surface area contributed by atoms with Gasteiger partial charge in [0.05, 0.1) is 16.1 Å². The Morgan fingerprint density at radius 1 is 1.38 bits per heavy atom. The molecule has 29 heavy (non-hydrogen) atoms. The number of nitro benzene ring substituents is 1. The first-order chi connectivity index (χ1) is 13.7. The molecule has 1 amide bonds. The first-order valence-electron chi connectivity index (χ1n) is 8.29. The van der Waals surface area contributed by atoms with Crippen LogP contribution in [0.25, 0.3) is 0 Å². The second-order valence-electron chi connectivity index (χ2n) is 6.54. The molecule has 0 saturated carbocycles. The van der Waals surface area contributed by atoms with Gasteiger partial charge in [-0.3, -0.25) is 19.7 Å². The van der Waals surface area contributed by atoms with Crippen LogP contribution in [0.4, 0.5) is 11.4 Å². The maximum Gasteiger partial charge on any atom is 0.269 e. The normalized spacial score (nSPS) is 19.1. The average Bonchev–Trinajstić information content (AvgIpc) is 2.93. The van der Waals surface area contributed by atoms with Gasteiger partial charge in [0.25, 0.3) is 5.69 Å². The van der Waals surface area contributed by atoms with Gasteiger partial charge >= 0.3 is 0 Å². The van der Waals surface area contributed by atoms with Gasteiger partial charge in [-0.1, -0.05) is 0 Å². The van der Waals surface area contributed by atoms with E-state index in [1.54, 1.807) is 0 Å². The second-order valence-corrected chi connectivity index (χ2v) is 6.54. The molecule has 1 atom stereocenters. The number of non-ortho nitro benzene ring substituents is 1. The number of ether oxygens (including phenoxy) is 1. The third-order valence-electron chi connectivity index (χ3n) is 5.05. The minimum absolute atomic E-state index is 0.0430. The van der Waals surface area contributed by atoms with Crippen LogP contribution in [-0.2, 0) is 10.2 Å². The molecule has 0 radical (unpaired) electrons. The number of carbonyl (C=O) groups excluding carboxylic acids is 2. The molecular weight excluding hydrogens is 380 g/mol. The molecule has 0 aromatic heterocycles. The summed E-state index contributed by atoms with van der Waals surface area (Å²) in [5.74, 6) is -2.24. The molecule has 1 spiro atoms. The molecule has 2 aliphatic heterocycles. The minimum atomic E-state index is -2.01. The summed E-state index contributed by atoms with van der Waals surface area (Å²) in [6.07, 6.45) is 0. The molecule has 10 heteroatoms. The number of aromatic hydroxyl groups is 1. The number of hydrogen-bond acceptors (Lipinski definition) is 8. The lowest BCUT2D eigenvalue weighted by atomic mass is 9.68. The highest BCUT2D eigenvalue weighted by atomic mass is 16.6. The maximum absolute atomic E-state index is 13.2. The number of anilines is 1. The first-order valence-corrected chi connectivity index (χ1v) is 8.29. The number of benzene rings is 2. The van der Waals surface area contributed by atoms with E-state index in [2.05, 4.69) is 5.32 Å². The number of phenols is 1. The van der Waals surface area contributed by atoms with E-state index in [0.717, 1.165) is 6.07 Å². The predicted molar refractivity (Wildman–Crippen MR) is 98.1 cm³/mol. The molecule has 0 bridgehead atoms. The number of nitro groups is 1. The van der Waals surface area contributed by atoms with Crippen molar-refractivity contribution >= 4 is 23.1 Å². The maximum atomic E-state index is 13.2. The van der Waals surface area contributed by atoms with Gasteiger partial charge in [0, 0.05) is 23.4 Å². The van der Waals surface area contributed by atoms with Crippen molar-refractivity contribution in [3.8, 4) is 17.6 Å². The fraction of sp³-hybridized carbons (Fsp3) is 0.105. The number of fused-ring (bicyclic) bond motifs is 4. The predicted octanol–water partition coefficient (Wildman–Crippen LogP) is 1.83.